The summed E-state index contributed by atoms with van der Waals surface area (Å²) in [4.78, 5) is 0. The van der Waals surface area contributed by atoms with Gasteiger partial charge in [0.2, 0.25) is 0 Å². The van der Waals surface area contributed by atoms with Gasteiger partial charge < -0.3 is 44.5 Å². The molecule has 0 radical (unpaired) electrons. The second kappa shape index (κ2) is 6.60. The molecule has 2 aliphatic heterocycles. The first kappa shape index (κ1) is 16.0. The quantitative estimate of drug-likeness (QED) is 0.350. The van der Waals surface area contributed by atoms with Gasteiger partial charge in [0.1, 0.15) is 36.6 Å². The lowest BCUT2D eigenvalue weighted by atomic mass is 10.1. The Morgan fingerprint density at radius 2 is 1.40 bits per heavy atom. The molecule has 9 nitrogen and oxygen atoms in total. The van der Waals surface area contributed by atoms with Crippen LogP contribution in [-0.2, 0) is 18.9 Å². The summed E-state index contributed by atoms with van der Waals surface area (Å²) in [7, 11) is 1.33. The summed E-state index contributed by atoms with van der Waals surface area (Å²) in [5.74, 6) is 0. The van der Waals surface area contributed by atoms with E-state index in [9.17, 15) is 20.4 Å². The van der Waals surface area contributed by atoms with Gasteiger partial charge in [0.15, 0.2) is 12.6 Å². The molecule has 9 heteroatoms. The fourth-order valence-electron chi connectivity index (χ4n) is 2.24. The van der Waals surface area contributed by atoms with Crippen molar-refractivity contribution in [1.82, 2.24) is 0 Å². The third-order valence-electron chi connectivity index (χ3n) is 3.47. The Labute approximate surface area is 115 Å². The van der Waals surface area contributed by atoms with E-state index in [4.69, 9.17) is 24.1 Å². The summed E-state index contributed by atoms with van der Waals surface area (Å²) in [5.41, 5.74) is 0. The number of rotatable bonds is 5. The van der Waals surface area contributed by atoms with Gasteiger partial charge in [-0.1, -0.05) is 0 Å². The summed E-state index contributed by atoms with van der Waals surface area (Å²) in [6.07, 6.45) is -8.83. The molecule has 0 spiro atoms. The highest BCUT2D eigenvalue weighted by atomic mass is 16.7. The molecule has 2 heterocycles. The first-order chi connectivity index (χ1) is 9.49. The smallest absolute Gasteiger partial charge is 0.186 e. The number of hydrogen-bond donors (Lipinski definition) is 5. The Bertz CT molecular complexity index is 284. The third kappa shape index (κ3) is 2.96. The van der Waals surface area contributed by atoms with Crippen LogP contribution in [0.1, 0.15) is 0 Å². The monoisotopic (exact) mass is 296 g/mol. The van der Waals surface area contributed by atoms with Crippen molar-refractivity contribution >= 4 is 0 Å². The zero-order valence-corrected chi connectivity index (χ0v) is 10.9. The lowest BCUT2D eigenvalue weighted by molar-refractivity contribution is -0.201. The Morgan fingerprint density at radius 1 is 0.850 bits per heavy atom. The molecule has 0 saturated carbocycles. The van der Waals surface area contributed by atoms with Crippen LogP contribution in [0.4, 0.5) is 0 Å². The molecule has 0 aromatic heterocycles. The first-order valence-corrected chi connectivity index (χ1v) is 6.28. The van der Waals surface area contributed by atoms with E-state index >= 15 is 0 Å². The number of hydrogen-bond acceptors (Lipinski definition) is 9. The van der Waals surface area contributed by atoms with E-state index in [0.29, 0.717) is 0 Å². The van der Waals surface area contributed by atoms with E-state index in [1.54, 1.807) is 0 Å². The van der Waals surface area contributed by atoms with Gasteiger partial charge >= 0.3 is 0 Å². The third-order valence-corrected chi connectivity index (χ3v) is 3.47. The van der Waals surface area contributed by atoms with E-state index in [1.807, 2.05) is 0 Å². The Hall–Kier alpha value is -0.360. The molecule has 5 N–H and O–H groups in total. The second-order valence-electron chi connectivity index (χ2n) is 4.80. The molecule has 2 saturated heterocycles. The van der Waals surface area contributed by atoms with Crippen LogP contribution in [0.25, 0.3) is 0 Å². The van der Waals surface area contributed by atoms with Gasteiger partial charge in [-0.2, -0.15) is 0 Å². The molecule has 0 bridgehead atoms. The van der Waals surface area contributed by atoms with Crippen molar-refractivity contribution in [2.24, 2.45) is 0 Å². The maximum atomic E-state index is 9.72. The highest BCUT2D eigenvalue weighted by Gasteiger charge is 2.46. The molecule has 2 fully saturated rings. The van der Waals surface area contributed by atoms with Crippen molar-refractivity contribution in [3.05, 3.63) is 0 Å². The second-order valence-corrected chi connectivity index (χ2v) is 4.80. The average Bonchev–Trinajstić information content (AvgIpc) is 2.88. The number of ether oxygens (including phenoxy) is 4. The first-order valence-electron chi connectivity index (χ1n) is 6.28. The number of aliphatic hydroxyl groups excluding tert-OH is 5. The van der Waals surface area contributed by atoms with Gasteiger partial charge in [-0.15, -0.1) is 0 Å². The Balaban J connectivity index is 1.84. The van der Waals surface area contributed by atoms with Crippen LogP contribution in [0.3, 0.4) is 0 Å². The van der Waals surface area contributed by atoms with Crippen LogP contribution in [0, 0.1) is 0 Å². The Kier molecular flexibility index (Phi) is 5.29. The summed E-state index contributed by atoms with van der Waals surface area (Å²) in [6.45, 7) is -0.629. The molecule has 20 heavy (non-hydrogen) atoms. The fraction of sp³-hybridized carbons (Fsp3) is 1.00. The normalized spacial score (nSPS) is 48.9. The van der Waals surface area contributed by atoms with Crippen LogP contribution < -0.4 is 0 Å². The summed E-state index contributed by atoms with van der Waals surface area (Å²) in [6, 6.07) is 0. The number of aliphatic hydroxyl groups is 5. The average molecular weight is 296 g/mol. The van der Waals surface area contributed by atoms with Crippen LogP contribution in [0.2, 0.25) is 0 Å². The van der Waals surface area contributed by atoms with Gasteiger partial charge in [-0.3, -0.25) is 0 Å². The van der Waals surface area contributed by atoms with Crippen molar-refractivity contribution in [1.29, 1.82) is 0 Å². The van der Waals surface area contributed by atoms with Crippen LogP contribution in [-0.4, -0.2) is 95.1 Å². The van der Waals surface area contributed by atoms with Gasteiger partial charge in [0.05, 0.1) is 13.2 Å². The molecule has 0 unspecified atom stereocenters. The number of methoxy groups -OCH3 is 1. The maximum absolute atomic E-state index is 9.72. The van der Waals surface area contributed by atoms with Crippen molar-refractivity contribution in [2.75, 3.05) is 20.3 Å². The molecule has 0 aliphatic carbocycles. The minimum Gasteiger partial charge on any atom is -0.394 e. The van der Waals surface area contributed by atoms with E-state index in [1.165, 1.54) is 7.11 Å². The van der Waals surface area contributed by atoms with Crippen LogP contribution in [0.5, 0.6) is 0 Å². The molecule has 0 amide bonds. The molecular formula is C11H20O9. The molecule has 118 valence electrons. The molecule has 0 aromatic rings. The van der Waals surface area contributed by atoms with Crippen molar-refractivity contribution in [2.45, 2.75) is 49.2 Å². The Morgan fingerprint density at radius 3 is 1.90 bits per heavy atom. The fourth-order valence-corrected chi connectivity index (χ4v) is 2.24. The molecule has 0 aromatic carbocycles. The maximum Gasteiger partial charge on any atom is 0.186 e. The zero-order valence-electron chi connectivity index (χ0n) is 10.9. The lowest BCUT2D eigenvalue weighted by Crippen LogP contribution is -2.38. The van der Waals surface area contributed by atoms with E-state index in [2.05, 4.69) is 0 Å². The predicted octanol–water partition coefficient (Wildman–Crippen LogP) is -3.46. The predicted molar refractivity (Wildman–Crippen MR) is 61.4 cm³/mol. The highest BCUT2D eigenvalue weighted by molar-refractivity contribution is 4.89. The largest absolute Gasteiger partial charge is 0.394 e. The van der Waals surface area contributed by atoms with E-state index < -0.39 is 55.8 Å². The van der Waals surface area contributed by atoms with Crippen molar-refractivity contribution in [3.63, 3.8) is 0 Å². The van der Waals surface area contributed by atoms with Gasteiger partial charge in [-0.25, -0.2) is 0 Å². The summed E-state index contributed by atoms with van der Waals surface area (Å²) >= 11 is 0. The van der Waals surface area contributed by atoms with Crippen LogP contribution >= 0.6 is 0 Å². The molecule has 2 aliphatic rings. The topological polar surface area (TPSA) is 138 Å². The van der Waals surface area contributed by atoms with Gasteiger partial charge in [-0.05, 0) is 0 Å². The highest BCUT2D eigenvalue weighted by Crippen LogP contribution is 2.25. The van der Waals surface area contributed by atoms with E-state index in [-0.39, 0.29) is 6.61 Å². The van der Waals surface area contributed by atoms with Gasteiger partial charge in [0, 0.05) is 7.11 Å². The van der Waals surface area contributed by atoms with Gasteiger partial charge in [0.25, 0.3) is 0 Å². The van der Waals surface area contributed by atoms with E-state index in [0.717, 1.165) is 0 Å². The summed E-state index contributed by atoms with van der Waals surface area (Å²) < 4.78 is 20.4. The standard InChI is InChI=1S/C11H20O9/c1-17-10-8(15)7(14)5(20-10)3-18-11-9(16)6(13)4(2-12)19-11/h4-16H,2-3H2,1H3/t4-,5-,6-,7-,8+,9+,10+,11-/m1/s1. The van der Waals surface area contributed by atoms with Crippen molar-refractivity contribution in [3.8, 4) is 0 Å². The molecule has 2 rings (SSSR count). The molecule has 8 atom stereocenters. The lowest BCUT2D eigenvalue weighted by Gasteiger charge is -2.19. The minimum absolute atomic E-state index is 0.176. The SMILES string of the molecule is CO[C@H]1O[C@H](CO[C@@H]2O[C@H](CO)[C@@H](O)[C@@H]2O)[C@@H](O)[C@@H]1O. The zero-order chi connectivity index (χ0) is 14.9. The minimum atomic E-state index is -1.31. The molecular weight excluding hydrogens is 276 g/mol. The van der Waals surface area contributed by atoms with Crippen molar-refractivity contribution < 1.29 is 44.5 Å². The van der Waals surface area contributed by atoms with Crippen LogP contribution in [0.15, 0.2) is 0 Å². The summed E-state index contributed by atoms with van der Waals surface area (Å²) in [5, 5.41) is 47.4.